The average molecular weight is 272 g/mol. The van der Waals surface area contributed by atoms with Gasteiger partial charge in [-0.2, -0.15) is 5.26 Å². The van der Waals surface area contributed by atoms with Gasteiger partial charge in [-0.05, 0) is 44.3 Å². The van der Waals surface area contributed by atoms with Gasteiger partial charge in [-0.25, -0.2) is 0 Å². The zero-order valence-corrected chi connectivity index (χ0v) is 12.5. The van der Waals surface area contributed by atoms with E-state index in [1.54, 1.807) is 0 Å². The summed E-state index contributed by atoms with van der Waals surface area (Å²) in [6.07, 6.45) is 1.15. The van der Waals surface area contributed by atoms with Crippen molar-refractivity contribution in [1.29, 1.82) is 5.26 Å². The molecular formula is C16H24N4. The molecule has 0 aliphatic carbocycles. The van der Waals surface area contributed by atoms with E-state index in [1.165, 1.54) is 5.56 Å². The first-order valence-corrected chi connectivity index (χ1v) is 7.42. The molecule has 1 aromatic rings. The number of nitrogens with one attached hydrogen (secondary N) is 1. The van der Waals surface area contributed by atoms with E-state index in [0.717, 1.165) is 56.9 Å². The van der Waals surface area contributed by atoms with Crippen LogP contribution in [-0.2, 0) is 6.54 Å². The van der Waals surface area contributed by atoms with E-state index in [2.05, 4.69) is 47.3 Å². The Kier molecular flexibility index (Phi) is 5.40. The summed E-state index contributed by atoms with van der Waals surface area (Å²) in [5.74, 6) is 0. The van der Waals surface area contributed by atoms with Crippen molar-refractivity contribution in [2.24, 2.45) is 0 Å². The van der Waals surface area contributed by atoms with Crippen LogP contribution in [0.15, 0.2) is 18.2 Å². The lowest BCUT2D eigenvalue weighted by atomic mass is 10.1. The Bertz CT molecular complexity index is 478. The predicted octanol–water partition coefficient (Wildman–Crippen LogP) is 1.81. The molecule has 1 saturated heterocycles. The van der Waals surface area contributed by atoms with Crippen LogP contribution in [0, 0.1) is 11.3 Å². The van der Waals surface area contributed by atoms with Crippen molar-refractivity contribution in [3.05, 3.63) is 29.3 Å². The molecule has 0 amide bonds. The smallest absolute Gasteiger partial charge is 0.101 e. The van der Waals surface area contributed by atoms with Gasteiger partial charge in [0.25, 0.3) is 0 Å². The summed E-state index contributed by atoms with van der Waals surface area (Å²) in [5.41, 5.74) is 3.06. The highest BCUT2D eigenvalue weighted by atomic mass is 15.2. The molecule has 0 saturated carbocycles. The second-order valence-corrected chi connectivity index (χ2v) is 5.39. The molecule has 0 atom stereocenters. The lowest BCUT2D eigenvalue weighted by molar-refractivity contribution is 0.360. The number of nitriles is 1. The highest BCUT2D eigenvalue weighted by molar-refractivity contribution is 5.60. The molecule has 0 unspecified atom stereocenters. The summed E-state index contributed by atoms with van der Waals surface area (Å²) in [6, 6.07) is 8.62. The summed E-state index contributed by atoms with van der Waals surface area (Å²) in [6.45, 7) is 8.09. The molecule has 20 heavy (non-hydrogen) atoms. The van der Waals surface area contributed by atoms with E-state index < -0.39 is 0 Å². The highest BCUT2D eigenvalue weighted by Crippen LogP contribution is 2.22. The van der Waals surface area contributed by atoms with Crippen LogP contribution in [0.5, 0.6) is 0 Å². The quantitative estimate of drug-likeness (QED) is 0.908. The van der Waals surface area contributed by atoms with Gasteiger partial charge >= 0.3 is 0 Å². The minimum Gasteiger partial charge on any atom is -0.369 e. The van der Waals surface area contributed by atoms with Gasteiger partial charge < -0.3 is 15.1 Å². The number of hydrogen-bond acceptors (Lipinski definition) is 4. The van der Waals surface area contributed by atoms with Crippen molar-refractivity contribution in [2.75, 3.05) is 44.7 Å². The Morgan fingerprint density at radius 1 is 1.25 bits per heavy atom. The van der Waals surface area contributed by atoms with Crippen molar-refractivity contribution < 1.29 is 0 Å². The molecule has 0 spiro atoms. The maximum atomic E-state index is 9.41. The van der Waals surface area contributed by atoms with Crippen molar-refractivity contribution in [2.45, 2.75) is 19.9 Å². The molecule has 108 valence electrons. The molecule has 0 aromatic heterocycles. The molecule has 0 radical (unpaired) electrons. The molecule has 1 aliphatic rings. The van der Waals surface area contributed by atoms with Gasteiger partial charge in [0.1, 0.15) is 6.07 Å². The molecule has 1 heterocycles. The average Bonchev–Trinajstić information content (AvgIpc) is 2.69. The third-order valence-electron chi connectivity index (χ3n) is 3.82. The predicted molar refractivity (Wildman–Crippen MR) is 82.9 cm³/mol. The van der Waals surface area contributed by atoms with E-state index in [1.807, 2.05) is 6.07 Å². The first-order chi connectivity index (χ1) is 9.74. The molecule has 2 rings (SSSR count). The third kappa shape index (κ3) is 3.72. The number of nitrogens with zero attached hydrogens (tertiary/aromatic N) is 3. The van der Waals surface area contributed by atoms with E-state index in [0.29, 0.717) is 0 Å². The van der Waals surface area contributed by atoms with Crippen molar-refractivity contribution >= 4 is 5.69 Å². The fourth-order valence-corrected chi connectivity index (χ4v) is 2.62. The second kappa shape index (κ2) is 7.28. The van der Waals surface area contributed by atoms with Gasteiger partial charge in [0.05, 0.1) is 11.3 Å². The number of anilines is 1. The normalized spacial score (nSPS) is 16.8. The standard InChI is InChI=1S/C16H24N4/c1-3-18-13-14-5-6-16(15(11-14)12-17)20-8-4-7-19(2)9-10-20/h5-6,11,18H,3-4,7-10,13H2,1-2H3. The molecule has 1 fully saturated rings. The molecule has 4 heteroatoms. The molecule has 1 aromatic carbocycles. The zero-order valence-electron chi connectivity index (χ0n) is 12.5. The van der Waals surface area contributed by atoms with Crippen LogP contribution in [0.2, 0.25) is 0 Å². The van der Waals surface area contributed by atoms with Crippen LogP contribution < -0.4 is 10.2 Å². The van der Waals surface area contributed by atoms with Gasteiger partial charge in [-0.15, -0.1) is 0 Å². The van der Waals surface area contributed by atoms with Crippen LogP contribution in [-0.4, -0.2) is 44.7 Å². The topological polar surface area (TPSA) is 42.3 Å². The Morgan fingerprint density at radius 3 is 2.85 bits per heavy atom. The van der Waals surface area contributed by atoms with Crippen LogP contribution >= 0.6 is 0 Å². The first-order valence-electron chi connectivity index (χ1n) is 7.42. The number of rotatable bonds is 4. The van der Waals surface area contributed by atoms with E-state index >= 15 is 0 Å². The highest BCUT2D eigenvalue weighted by Gasteiger charge is 2.15. The summed E-state index contributed by atoms with van der Waals surface area (Å²) in [5, 5.41) is 12.7. The SMILES string of the molecule is CCNCc1ccc(N2CCCN(C)CC2)c(C#N)c1. The van der Waals surface area contributed by atoms with Crippen LogP contribution in [0.25, 0.3) is 0 Å². The maximum absolute atomic E-state index is 9.41. The molecule has 4 nitrogen and oxygen atoms in total. The molecule has 0 bridgehead atoms. The van der Waals surface area contributed by atoms with E-state index in [9.17, 15) is 5.26 Å². The lowest BCUT2D eigenvalue weighted by Gasteiger charge is -2.24. The number of benzene rings is 1. The van der Waals surface area contributed by atoms with Gasteiger partial charge in [-0.3, -0.25) is 0 Å². The monoisotopic (exact) mass is 272 g/mol. The summed E-state index contributed by atoms with van der Waals surface area (Å²) >= 11 is 0. The molecule has 1 aliphatic heterocycles. The summed E-state index contributed by atoms with van der Waals surface area (Å²) < 4.78 is 0. The Balaban J connectivity index is 2.16. The Hall–Kier alpha value is -1.57. The molecule has 1 N–H and O–H groups in total. The van der Waals surface area contributed by atoms with Crippen LogP contribution in [0.4, 0.5) is 5.69 Å². The van der Waals surface area contributed by atoms with Crippen LogP contribution in [0.1, 0.15) is 24.5 Å². The fourth-order valence-electron chi connectivity index (χ4n) is 2.62. The van der Waals surface area contributed by atoms with Gasteiger partial charge in [0.2, 0.25) is 0 Å². The minimum atomic E-state index is 0.796. The minimum absolute atomic E-state index is 0.796. The first kappa shape index (κ1) is 14.8. The van der Waals surface area contributed by atoms with Crippen molar-refractivity contribution in [3.8, 4) is 6.07 Å². The summed E-state index contributed by atoms with van der Waals surface area (Å²) in [7, 11) is 2.16. The number of likely N-dealkylation sites (N-methyl/N-ethyl adjacent to an activating group) is 1. The fraction of sp³-hybridized carbons (Fsp3) is 0.562. The Labute approximate surface area is 122 Å². The zero-order chi connectivity index (χ0) is 14.4. The van der Waals surface area contributed by atoms with Crippen molar-refractivity contribution in [3.63, 3.8) is 0 Å². The van der Waals surface area contributed by atoms with Crippen LogP contribution in [0.3, 0.4) is 0 Å². The molecular weight excluding hydrogens is 248 g/mol. The van der Waals surface area contributed by atoms with Crippen molar-refractivity contribution in [1.82, 2.24) is 10.2 Å². The third-order valence-corrected chi connectivity index (χ3v) is 3.82. The van der Waals surface area contributed by atoms with E-state index in [4.69, 9.17) is 0 Å². The lowest BCUT2D eigenvalue weighted by Crippen LogP contribution is -2.29. The van der Waals surface area contributed by atoms with Gasteiger partial charge in [0, 0.05) is 26.2 Å². The maximum Gasteiger partial charge on any atom is 0.101 e. The largest absolute Gasteiger partial charge is 0.369 e. The number of hydrogen-bond donors (Lipinski definition) is 1. The second-order valence-electron chi connectivity index (χ2n) is 5.39. The Morgan fingerprint density at radius 2 is 2.10 bits per heavy atom. The van der Waals surface area contributed by atoms with E-state index in [-0.39, 0.29) is 0 Å². The van der Waals surface area contributed by atoms with Gasteiger partial charge in [0.15, 0.2) is 0 Å². The summed E-state index contributed by atoms with van der Waals surface area (Å²) in [4.78, 5) is 4.70. The van der Waals surface area contributed by atoms with Gasteiger partial charge in [-0.1, -0.05) is 13.0 Å².